The van der Waals surface area contributed by atoms with E-state index in [4.69, 9.17) is 0 Å². The fraction of sp³-hybridized carbons (Fsp3) is 0.700. The lowest BCUT2D eigenvalue weighted by Crippen LogP contribution is -2.39. The molecular formula is C20H32N4O. The first-order chi connectivity index (χ1) is 12.2. The summed E-state index contributed by atoms with van der Waals surface area (Å²) in [5.74, 6) is 1.08. The highest BCUT2D eigenvalue weighted by Crippen LogP contribution is 2.22. The molecule has 1 aromatic rings. The Morgan fingerprint density at radius 1 is 1.12 bits per heavy atom. The van der Waals surface area contributed by atoms with Crippen molar-refractivity contribution in [2.24, 2.45) is 0 Å². The van der Waals surface area contributed by atoms with Crippen LogP contribution in [0.4, 0.5) is 11.5 Å². The van der Waals surface area contributed by atoms with Gasteiger partial charge >= 0.3 is 0 Å². The highest BCUT2D eigenvalue weighted by Gasteiger charge is 2.20. The number of aromatic nitrogens is 1. The quantitative estimate of drug-likeness (QED) is 0.885. The number of amides is 1. The number of nitrogens with zero attached hydrogens (tertiary/aromatic N) is 3. The van der Waals surface area contributed by atoms with E-state index in [-0.39, 0.29) is 5.91 Å². The molecular weight excluding hydrogens is 312 g/mol. The van der Waals surface area contributed by atoms with Gasteiger partial charge in [0.25, 0.3) is 0 Å². The van der Waals surface area contributed by atoms with E-state index >= 15 is 0 Å². The van der Waals surface area contributed by atoms with Gasteiger partial charge in [0, 0.05) is 19.1 Å². The zero-order valence-electron chi connectivity index (χ0n) is 15.5. The first-order valence-corrected chi connectivity index (χ1v) is 9.93. The number of pyridine rings is 1. The molecule has 5 heteroatoms. The number of hydrogen-bond acceptors (Lipinski definition) is 4. The Labute approximate surface area is 151 Å². The Morgan fingerprint density at radius 2 is 1.80 bits per heavy atom. The van der Waals surface area contributed by atoms with E-state index < -0.39 is 0 Å². The van der Waals surface area contributed by atoms with Crippen molar-refractivity contribution >= 4 is 17.4 Å². The van der Waals surface area contributed by atoms with Gasteiger partial charge in [0.1, 0.15) is 5.82 Å². The molecule has 0 atom stereocenters. The lowest BCUT2D eigenvalue weighted by Gasteiger charge is -2.30. The van der Waals surface area contributed by atoms with Crippen LogP contribution in [0.2, 0.25) is 0 Å². The number of nitrogens with one attached hydrogen (secondary N) is 1. The van der Waals surface area contributed by atoms with Gasteiger partial charge in [-0.15, -0.1) is 0 Å². The van der Waals surface area contributed by atoms with E-state index in [1.807, 2.05) is 12.1 Å². The Kier molecular flexibility index (Phi) is 6.68. The van der Waals surface area contributed by atoms with Crippen LogP contribution in [0.3, 0.4) is 0 Å². The molecule has 3 rings (SSSR count). The van der Waals surface area contributed by atoms with Crippen LogP contribution < -0.4 is 10.2 Å². The summed E-state index contributed by atoms with van der Waals surface area (Å²) >= 11 is 0. The van der Waals surface area contributed by atoms with Gasteiger partial charge in [-0.05, 0) is 44.9 Å². The third kappa shape index (κ3) is 5.43. The normalized spacial score (nSPS) is 19.7. The van der Waals surface area contributed by atoms with Crippen molar-refractivity contribution < 1.29 is 4.79 Å². The van der Waals surface area contributed by atoms with Crippen molar-refractivity contribution in [1.29, 1.82) is 0 Å². The third-order valence-electron chi connectivity index (χ3n) is 5.55. The van der Waals surface area contributed by atoms with Gasteiger partial charge in [-0.3, -0.25) is 9.69 Å². The Bertz CT molecular complexity index is 531. The molecule has 1 amide bonds. The van der Waals surface area contributed by atoms with Crippen molar-refractivity contribution in [2.75, 3.05) is 36.9 Å². The highest BCUT2D eigenvalue weighted by molar-refractivity contribution is 5.92. The average Bonchev–Trinajstić information content (AvgIpc) is 2.92. The zero-order chi connectivity index (χ0) is 17.5. The van der Waals surface area contributed by atoms with Crippen LogP contribution in [0.1, 0.15) is 57.8 Å². The number of carbonyl (C=O) groups excluding carboxylic acids is 1. The molecule has 138 valence electrons. The molecule has 1 N–H and O–H groups in total. The van der Waals surface area contributed by atoms with Gasteiger partial charge in [0.05, 0.1) is 18.4 Å². The lowest BCUT2D eigenvalue weighted by atomic mass is 9.94. The Hall–Kier alpha value is -1.62. The molecule has 2 heterocycles. The number of likely N-dealkylation sites (N-methyl/N-ethyl adjacent to an activating group) is 1. The Balaban J connectivity index is 1.49. The van der Waals surface area contributed by atoms with Crippen LogP contribution in [-0.2, 0) is 4.79 Å². The maximum atomic E-state index is 12.3. The molecule has 25 heavy (non-hydrogen) atoms. The summed E-state index contributed by atoms with van der Waals surface area (Å²) in [6, 6.07) is 4.57. The van der Waals surface area contributed by atoms with Crippen LogP contribution in [0.25, 0.3) is 0 Å². The van der Waals surface area contributed by atoms with E-state index in [0.717, 1.165) is 24.6 Å². The largest absolute Gasteiger partial charge is 0.357 e. The van der Waals surface area contributed by atoms with E-state index in [9.17, 15) is 4.79 Å². The minimum atomic E-state index is 0.0531. The van der Waals surface area contributed by atoms with Gasteiger partial charge < -0.3 is 10.2 Å². The molecule has 1 saturated heterocycles. The second-order valence-corrected chi connectivity index (χ2v) is 7.56. The summed E-state index contributed by atoms with van der Waals surface area (Å²) in [6.45, 7) is 2.63. The van der Waals surface area contributed by atoms with Crippen LogP contribution in [0, 0.1) is 0 Å². The molecule has 1 saturated carbocycles. The minimum absolute atomic E-state index is 0.0531. The molecule has 2 fully saturated rings. The molecule has 2 aliphatic rings. The maximum Gasteiger partial charge on any atom is 0.238 e. The predicted octanol–water partition coefficient (Wildman–Crippen LogP) is 3.67. The molecule has 0 spiro atoms. The lowest BCUT2D eigenvalue weighted by molar-refractivity contribution is -0.117. The predicted molar refractivity (Wildman–Crippen MR) is 103 cm³/mol. The second kappa shape index (κ2) is 9.18. The molecule has 0 aromatic carbocycles. The fourth-order valence-electron chi connectivity index (χ4n) is 4.02. The molecule has 1 aliphatic heterocycles. The maximum absolute atomic E-state index is 12.3. The smallest absolute Gasteiger partial charge is 0.238 e. The number of carbonyl (C=O) groups is 1. The first-order valence-electron chi connectivity index (χ1n) is 9.93. The summed E-state index contributed by atoms with van der Waals surface area (Å²) in [5.41, 5.74) is 0.792. The van der Waals surface area contributed by atoms with Gasteiger partial charge in [-0.1, -0.05) is 32.1 Å². The van der Waals surface area contributed by atoms with Crippen molar-refractivity contribution in [3.63, 3.8) is 0 Å². The summed E-state index contributed by atoms with van der Waals surface area (Å²) < 4.78 is 0. The van der Waals surface area contributed by atoms with Crippen LogP contribution >= 0.6 is 0 Å². The van der Waals surface area contributed by atoms with Crippen molar-refractivity contribution in [3.05, 3.63) is 18.3 Å². The molecule has 0 bridgehead atoms. The van der Waals surface area contributed by atoms with Gasteiger partial charge in [0.2, 0.25) is 5.91 Å². The molecule has 0 unspecified atom stereocenters. The van der Waals surface area contributed by atoms with Crippen LogP contribution in [-0.4, -0.2) is 48.5 Å². The average molecular weight is 345 g/mol. The highest BCUT2D eigenvalue weighted by atomic mass is 16.2. The molecule has 5 nitrogen and oxygen atoms in total. The monoisotopic (exact) mass is 344 g/mol. The molecule has 0 radical (unpaired) electrons. The van der Waals surface area contributed by atoms with E-state index in [0.29, 0.717) is 12.6 Å². The number of rotatable bonds is 5. The fourth-order valence-corrected chi connectivity index (χ4v) is 4.02. The molecule has 1 aliphatic carbocycles. The Morgan fingerprint density at radius 3 is 2.44 bits per heavy atom. The van der Waals surface area contributed by atoms with Crippen molar-refractivity contribution in [1.82, 2.24) is 9.88 Å². The number of anilines is 2. The van der Waals surface area contributed by atoms with Gasteiger partial charge in [-0.25, -0.2) is 4.98 Å². The van der Waals surface area contributed by atoms with Gasteiger partial charge in [-0.2, -0.15) is 0 Å². The minimum Gasteiger partial charge on any atom is -0.357 e. The zero-order valence-corrected chi connectivity index (χ0v) is 15.5. The van der Waals surface area contributed by atoms with E-state index in [1.165, 1.54) is 57.8 Å². The van der Waals surface area contributed by atoms with E-state index in [2.05, 4.69) is 27.1 Å². The van der Waals surface area contributed by atoms with Crippen molar-refractivity contribution in [3.8, 4) is 0 Å². The summed E-state index contributed by atoms with van der Waals surface area (Å²) in [7, 11) is 2.07. The van der Waals surface area contributed by atoms with Gasteiger partial charge in [0.15, 0.2) is 0 Å². The summed E-state index contributed by atoms with van der Waals surface area (Å²) in [6.07, 6.45) is 13.3. The summed E-state index contributed by atoms with van der Waals surface area (Å²) in [5, 5.41) is 2.99. The molecule has 1 aromatic heterocycles. The van der Waals surface area contributed by atoms with E-state index in [1.54, 1.807) is 6.20 Å². The third-order valence-corrected chi connectivity index (χ3v) is 5.55. The number of hydrogen-bond donors (Lipinski definition) is 1. The first kappa shape index (κ1) is 18.2. The topological polar surface area (TPSA) is 48.5 Å². The van der Waals surface area contributed by atoms with Crippen LogP contribution in [0.15, 0.2) is 18.3 Å². The van der Waals surface area contributed by atoms with Crippen LogP contribution in [0.5, 0.6) is 0 Å². The SMILES string of the molecule is CN(CC(=O)Nc1ccc(N2CCCCCC2)nc1)C1CCCCC1. The van der Waals surface area contributed by atoms with Crippen molar-refractivity contribution in [2.45, 2.75) is 63.8 Å². The summed E-state index contributed by atoms with van der Waals surface area (Å²) in [4.78, 5) is 21.4. The standard InChI is InChI=1S/C20H32N4O/c1-23(18-9-5-4-6-10-18)16-20(25)22-17-11-12-19(21-15-17)24-13-7-2-3-8-14-24/h11-12,15,18H,2-10,13-14,16H2,1H3,(H,22,25). The second-order valence-electron chi connectivity index (χ2n) is 7.56.